The predicted octanol–water partition coefficient (Wildman–Crippen LogP) is 3.78. The fraction of sp³-hybridized carbons (Fsp3) is 0.444. The first-order valence-corrected chi connectivity index (χ1v) is 9.67. The van der Waals surface area contributed by atoms with Gasteiger partial charge >= 0.3 is 6.18 Å². The van der Waals surface area contributed by atoms with E-state index in [1.54, 1.807) is 29.2 Å². The first-order valence-electron chi connectivity index (χ1n) is 8.88. The molecule has 6 nitrogen and oxygen atoms in total. The Morgan fingerprint density at radius 1 is 1.21 bits per heavy atom. The number of carbonyl (C=O) groups is 1. The Morgan fingerprint density at radius 2 is 1.89 bits per heavy atom. The average Bonchev–Trinajstić information content (AvgIpc) is 3.11. The number of nitrogens with zero attached hydrogens (tertiary/aromatic N) is 3. The molecule has 150 valence electrons. The number of aromatic nitrogens is 2. The summed E-state index contributed by atoms with van der Waals surface area (Å²) in [5, 5.41) is 7.11. The summed E-state index contributed by atoms with van der Waals surface area (Å²) in [4.78, 5) is 14.2. The van der Waals surface area contributed by atoms with Crippen molar-refractivity contribution >= 4 is 27.7 Å². The van der Waals surface area contributed by atoms with Crippen LogP contribution in [0.4, 0.5) is 19.0 Å². The molecular weight excluding hydrogens is 441 g/mol. The normalized spacial score (nSPS) is 22.5. The number of hydrogen-bond acceptors (Lipinski definition) is 4. The second kappa shape index (κ2) is 7.40. The number of morpholine rings is 1. The highest BCUT2D eigenvalue weighted by atomic mass is 79.9. The SMILES string of the molecule is O=C(c1cc2n(n1)C(C(F)(F)F)CC(c1ccc(Br)cc1)N2)N1CCOCC1. The molecule has 1 amide bonds. The van der Waals surface area contributed by atoms with Crippen LogP contribution in [0.3, 0.4) is 0 Å². The summed E-state index contributed by atoms with van der Waals surface area (Å²) in [7, 11) is 0. The summed E-state index contributed by atoms with van der Waals surface area (Å²) < 4.78 is 48.1. The molecule has 1 aromatic heterocycles. The zero-order chi connectivity index (χ0) is 19.9. The Labute approximate surface area is 167 Å². The lowest BCUT2D eigenvalue weighted by atomic mass is 9.97. The first-order chi connectivity index (χ1) is 13.3. The van der Waals surface area contributed by atoms with Crippen LogP contribution in [0.2, 0.25) is 0 Å². The lowest BCUT2D eigenvalue weighted by Crippen LogP contribution is -2.41. The molecule has 10 heteroatoms. The van der Waals surface area contributed by atoms with Gasteiger partial charge in [-0.1, -0.05) is 28.1 Å². The summed E-state index contributed by atoms with van der Waals surface area (Å²) >= 11 is 3.33. The highest BCUT2D eigenvalue weighted by Gasteiger charge is 2.47. The maximum absolute atomic E-state index is 13.7. The van der Waals surface area contributed by atoms with E-state index in [1.807, 2.05) is 0 Å². The molecule has 2 atom stereocenters. The van der Waals surface area contributed by atoms with Crippen molar-refractivity contribution < 1.29 is 22.7 Å². The van der Waals surface area contributed by atoms with Crippen molar-refractivity contribution in [2.24, 2.45) is 0 Å². The van der Waals surface area contributed by atoms with Gasteiger partial charge in [-0.3, -0.25) is 4.79 Å². The molecule has 3 heterocycles. The van der Waals surface area contributed by atoms with E-state index in [4.69, 9.17) is 4.74 Å². The standard InChI is InChI=1S/C18H18BrF3N4O2/c19-12-3-1-11(2-4-12)13-9-15(18(20,21)22)26-16(23-13)10-14(24-26)17(27)25-5-7-28-8-6-25/h1-4,10,13,15,23H,5-9H2. The smallest absolute Gasteiger partial charge is 0.378 e. The van der Waals surface area contributed by atoms with Crippen molar-refractivity contribution in [1.29, 1.82) is 0 Å². The van der Waals surface area contributed by atoms with E-state index >= 15 is 0 Å². The van der Waals surface area contributed by atoms with E-state index in [2.05, 4.69) is 26.3 Å². The van der Waals surface area contributed by atoms with Crippen molar-refractivity contribution in [2.75, 3.05) is 31.6 Å². The fourth-order valence-electron chi connectivity index (χ4n) is 3.52. The molecule has 0 spiro atoms. The number of fused-ring (bicyclic) bond motifs is 1. The van der Waals surface area contributed by atoms with Gasteiger partial charge in [0.05, 0.1) is 19.3 Å². The molecule has 2 aromatic rings. The Balaban J connectivity index is 1.65. The van der Waals surface area contributed by atoms with Gasteiger partial charge in [-0.05, 0) is 17.7 Å². The molecule has 2 aliphatic rings. The van der Waals surface area contributed by atoms with Gasteiger partial charge in [0, 0.05) is 30.0 Å². The number of nitrogens with one attached hydrogen (secondary N) is 1. The topological polar surface area (TPSA) is 59.4 Å². The number of halogens is 4. The number of amides is 1. The number of rotatable bonds is 2. The molecule has 0 radical (unpaired) electrons. The van der Waals surface area contributed by atoms with Crippen molar-refractivity contribution in [3.63, 3.8) is 0 Å². The second-order valence-electron chi connectivity index (χ2n) is 6.81. The molecule has 1 fully saturated rings. The third-order valence-electron chi connectivity index (χ3n) is 4.98. The molecule has 1 saturated heterocycles. The van der Waals surface area contributed by atoms with Gasteiger partial charge in [-0.15, -0.1) is 0 Å². The number of alkyl halides is 3. The van der Waals surface area contributed by atoms with E-state index in [9.17, 15) is 18.0 Å². The van der Waals surface area contributed by atoms with Crippen molar-refractivity contribution in [3.8, 4) is 0 Å². The minimum absolute atomic E-state index is 0.00936. The van der Waals surface area contributed by atoms with E-state index in [0.717, 1.165) is 14.7 Å². The molecule has 0 aliphatic carbocycles. The maximum atomic E-state index is 13.7. The number of hydrogen-bond donors (Lipinski definition) is 1. The third kappa shape index (κ3) is 3.75. The lowest BCUT2D eigenvalue weighted by Gasteiger charge is -2.33. The molecule has 2 aliphatic heterocycles. The first kappa shape index (κ1) is 19.3. The molecule has 4 rings (SSSR count). The highest BCUT2D eigenvalue weighted by Crippen LogP contribution is 2.43. The lowest BCUT2D eigenvalue weighted by molar-refractivity contribution is -0.173. The molecule has 1 N–H and O–H groups in total. The van der Waals surface area contributed by atoms with Crippen molar-refractivity contribution in [1.82, 2.24) is 14.7 Å². The summed E-state index contributed by atoms with van der Waals surface area (Å²) in [6.07, 6.45) is -4.68. The average molecular weight is 459 g/mol. The van der Waals surface area contributed by atoms with Gasteiger partial charge in [0.15, 0.2) is 11.7 Å². The molecule has 1 aromatic carbocycles. The van der Waals surface area contributed by atoms with Crippen LogP contribution in [-0.2, 0) is 4.74 Å². The highest BCUT2D eigenvalue weighted by molar-refractivity contribution is 9.10. The minimum Gasteiger partial charge on any atom is -0.378 e. The van der Waals surface area contributed by atoms with Gasteiger partial charge in [0.2, 0.25) is 0 Å². The number of benzene rings is 1. The van der Waals surface area contributed by atoms with Crippen LogP contribution in [0.1, 0.15) is 34.6 Å². The summed E-state index contributed by atoms with van der Waals surface area (Å²) in [6, 6.07) is 6.21. The Hall–Kier alpha value is -2.07. The molecule has 0 bridgehead atoms. The monoisotopic (exact) mass is 458 g/mol. The number of carbonyl (C=O) groups excluding carboxylic acids is 1. The van der Waals surface area contributed by atoms with Crippen LogP contribution < -0.4 is 5.32 Å². The molecule has 28 heavy (non-hydrogen) atoms. The number of ether oxygens (including phenoxy) is 1. The largest absolute Gasteiger partial charge is 0.410 e. The number of anilines is 1. The summed E-state index contributed by atoms with van der Waals surface area (Å²) in [6.45, 7) is 1.63. The van der Waals surface area contributed by atoms with E-state index < -0.39 is 18.3 Å². The van der Waals surface area contributed by atoms with E-state index in [-0.39, 0.29) is 23.8 Å². The fourth-order valence-corrected chi connectivity index (χ4v) is 3.78. The van der Waals surface area contributed by atoms with E-state index in [1.165, 1.54) is 6.07 Å². The Kier molecular flexibility index (Phi) is 5.09. The maximum Gasteiger partial charge on any atom is 0.410 e. The zero-order valence-electron chi connectivity index (χ0n) is 14.7. The summed E-state index contributed by atoms with van der Waals surface area (Å²) in [5.74, 6) is -0.189. The van der Waals surface area contributed by atoms with Crippen LogP contribution >= 0.6 is 15.9 Å². The molecule has 2 unspecified atom stereocenters. The van der Waals surface area contributed by atoms with Gasteiger partial charge in [-0.2, -0.15) is 18.3 Å². The van der Waals surface area contributed by atoms with Crippen molar-refractivity contribution in [2.45, 2.75) is 24.7 Å². The van der Waals surface area contributed by atoms with Crippen LogP contribution in [0.15, 0.2) is 34.8 Å². The van der Waals surface area contributed by atoms with Crippen LogP contribution in [0.25, 0.3) is 0 Å². The van der Waals surface area contributed by atoms with Gasteiger partial charge in [0.25, 0.3) is 5.91 Å². The second-order valence-corrected chi connectivity index (χ2v) is 7.72. The van der Waals surface area contributed by atoms with Gasteiger partial charge in [0.1, 0.15) is 5.82 Å². The molecule has 0 saturated carbocycles. The quantitative estimate of drug-likeness (QED) is 0.743. The zero-order valence-corrected chi connectivity index (χ0v) is 16.3. The van der Waals surface area contributed by atoms with Crippen LogP contribution in [0.5, 0.6) is 0 Å². The third-order valence-corrected chi connectivity index (χ3v) is 5.51. The van der Waals surface area contributed by atoms with Gasteiger partial charge in [-0.25, -0.2) is 4.68 Å². The Morgan fingerprint density at radius 3 is 2.54 bits per heavy atom. The molecular formula is C18H18BrF3N4O2. The van der Waals surface area contributed by atoms with E-state index in [0.29, 0.717) is 26.3 Å². The Bertz CT molecular complexity index is 863. The predicted molar refractivity (Wildman–Crippen MR) is 99.2 cm³/mol. The van der Waals surface area contributed by atoms with Crippen molar-refractivity contribution in [3.05, 3.63) is 46.1 Å². The minimum atomic E-state index is -4.48. The van der Waals surface area contributed by atoms with Crippen LogP contribution in [-0.4, -0.2) is 53.1 Å². The summed E-state index contributed by atoms with van der Waals surface area (Å²) in [5.41, 5.74) is 0.751. The van der Waals surface area contributed by atoms with Crippen LogP contribution in [0, 0.1) is 0 Å². The van der Waals surface area contributed by atoms with Gasteiger partial charge < -0.3 is 15.0 Å².